The summed E-state index contributed by atoms with van der Waals surface area (Å²) in [4.78, 5) is 12.4. The van der Waals surface area contributed by atoms with E-state index < -0.39 is 21.8 Å². The van der Waals surface area contributed by atoms with E-state index in [4.69, 9.17) is 5.11 Å². The van der Waals surface area contributed by atoms with Gasteiger partial charge in [0.25, 0.3) is 0 Å². The summed E-state index contributed by atoms with van der Waals surface area (Å²) in [5.74, 6) is -0.921. The molecule has 1 aliphatic heterocycles. The zero-order valence-corrected chi connectivity index (χ0v) is 9.24. The van der Waals surface area contributed by atoms with Crippen LogP contribution in [-0.2, 0) is 14.6 Å². The lowest BCUT2D eigenvalue weighted by atomic mass is 10.2. The summed E-state index contributed by atoms with van der Waals surface area (Å²) in [5, 5.41) is 8.67. The van der Waals surface area contributed by atoms with Gasteiger partial charge in [-0.05, 0) is 0 Å². The van der Waals surface area contributed by atoms with Crippen LogP contribution in [0.5, 0.6) is 0 Å². The van der Waals surface area contributed by atoms with Gasteiger partial charge in [-0.1, -0.05) is 6.08 Å². The molecule has 0 radical (unpaired) electrons. The van der Waals surface area contributed by atoms with Crippen molar-refractivity contribution in [2.75, 3.05) is 24.6 Å². The second-order valence-electron chi connectivity index (χ2n) is 3.65. The molecule has 0 aromatic carbocycles. The van der Waals surface area contributed by atoms with Crippen molar-refractivity contribution in [3.63, 3.8) is 0 Å². The van der Waals surface area contributed by atoms with Crippen LogP contribution < -0.4 is 0 Å². The quantitative estimate of drug-likeness (QED) is 0.677. The number of aliphatic carboxylic acids is 1. The Balaban J connectivity index is 2.72. The average molecular weight is 233 g/mol. The minimum atomic E-state index is -3.07. The second kappa shape index (κ2) is 4.76. The number of rotatable bonds is 4. The minimum absolute atomic E-state index is 0.0624. The summed E-state index contributed by atoms with van der Waals surface area (Å²) in [6, 6.07) is -0.417. The Kier molecular flexibility index (Phi) is 3.87. The van der Waals surface area contributed by atoms with Crippen LogP contribution in [0, 0.1) is 0 Å². The Hall–Kier alpha value is -0.880. The van der Waals surface area contributed by atoms with E-state index in [1.807, 2.05) is 4.90 Å². The Morgan fingerprint density at radius 2 is 2.27 bits per heavy atom. The summed E-state index contributed by atoms with van der Waals surface area (Å²) in [6.07, 6.45) is 1.53. The van der Waals surface area contributed by atoms with Crippen molar-refractivity contribution in [1.82, 2.24) is 4.90 Å². The van der Waals surface area contributed by atoms with Crippen LogP contribution >= 0.6 is 0 Å². The average Bonchev–Trinajstić information content (AvgIpc) is 2.08. The van der Waals surface area contributed by atoms with E-state index in [9.17, 15) is 13.2 Å². The van der Waals surface area contributed by atoms with E-state index in [1.54, 1.807) is 6.08 Å². The second-order valence-corrected chi connectivity index (χ2v) is 5.88. The number of hydrogen-bond acceptors (Lipinski definition) is 4. The summed E-state index contributed by atoms with van der Waals surface area (Å²) in [7, 11) is -3.07. The van der Waals surface area contributed by atoms with E-state index >= 15 is 0 Å². The maximum Gasteiger partial charge on any atom is 0.304 e. The van der Waals surface area contributed by atoms with Gasteiger partial charge in [0.05, 0.1) is 17.9 Å². The topological polar surface area (TPSA) is 74.7 Å². The first-order chi connectivity index (χ1) is 6.94. The van der Waals surface area contributed by atoms with Crippen LogP contribution in [0.25, 0.3) is 0 Å². The van der Waals surface area contributed by atoms with Crippen molar-refractivity contribution in [3.05, 3.63) is 12.7 Å². The molecule has 6 heteroatoms. The normalized spacial score (nSPS) is 26.0. The summed E-state index contributed by atoms with van der Waals surface area (Å²) in [6.45, 7) is 4.50. The number of carbonyl (C=O) groups is 1. The monoisotopic (exact) mass is 233 g/mol. The van der Waals surface area contributed by atoms with Crippen molar-refractivity contribution < 1.29 is 18.3 Å². The third-order valence-electron chi connectivity index (χ3n) is 2.43. The maximum atomic E-state index is 11.3. The lowest BCUT2D eigenvalue weighted by Gasteiger charge is -2.33. The van der Waals surface area contributed by atoms with Gasteiger partial charge in [-0.2, -0.15) is 0 Å². The molecule has 0 bridgehead atoms. The highest BCUT2D eigenvalue weighted by atomic mass is 32.2. The first-order valence-electron chi connectivity index (χ1n) is 4.72. The van der Waals surface area contributed by atoms with Gasteiger partial charge in [-0.25, -0.2) is 8.42 Å². The van der Waals surface area contributed by atoms with Gasteiger partial charge in [-0.15, -0.1) is 6.58 Å². The molecule has 0 spiro atoms. The first-order valence-corrected chi connectivity index (χ1v) is 6.54. The molecule has 0 saturated carbocycles. The molecule has 1 fully saturated rings. The van der Waals surface area contributed by atoms with E-state index in [-0.39, 0.29) is 17.9 Å². The number of nitrogens with zero attached hydrogens (tertiary/aromatic N) is 1. The van der Waals surface area contributed by atoms with Crippen LogP contribution in [0.2, 0.25) is 0 Å². The largest absolute Gasteiger partial charge is 0.481 e. The zero-order chi connectivity index (χ0) is 11.5. The molecule has 15 heavy (non-hydrogen) atoms. The number of carboxylic acids is 1. The lowest BCUT2D eigenvalue weighted by Crippen LogP contribution is -2.49. The first kappa shape index (κ1) is 12.2. The maximum absolute atomic E-state index is 11.3. The summed E-state index contributed by atoms with van der Waals surface area (Å²) >= 11 is 0. The predicted octanol–water partition coefficient (Wildman–Crippen LogP) is -0.254. The third kappa shape index (κ3) is 3.64. The Bertz CT molecular complexity index is 349. The summed E-state index contributed by atoms with van der Waals surface area (Å²) in [5.41, 5.74) is 0. The van der Waals surface area contributed by atoms with Gasteiger partial charge in [0, 0.05) is 19.1 Å². The van der Waals surface area contributed by atoms with E-state index in [0.29, 0.717) is 13.1 Å². The standard InChI is InChI=1S/C9H15NO4S/c1-2-3-10-4-5-15(13,14)7-8(10)6-9(11)12/h2,8H,1,3-7H2,(H,11,12). The molecular formula is C9H15NO4S. The Morgan fingerprint density at radius 3 is 2.80 bits per heavy atom. The van der Waals surface area contributed by atoms with Crippen molar-refractivity contribution >= 4 is 15.8 Å². The molecule has 0 amide bonds. The van der Waals surface area contributed by atoms with E-state index in [1.165, 1.54) is 0 Å². The molecule has 0 aliphatic carbocycles. The number of carboxylic acid groups (broad SMARTS) is 1. The van der Waals surface area contributed by atoms with Crippen LogP contribution in [0.1, 0.15) is 6.42 Å². The molecule has 0 aromatic heterocycles. The molecular weight excluding hydrogens is 218 g/mol. The highest BCUT2D eigenvalue weighted by Crippen LogP contribution is 2.14. The van der Waals surface area contributed by atoms with Crippen molar-refractivity contribution in [1.29, 1.82) is 0 Å². The minimum Gasteiger partial charge on any atom is -0.481 e. The van der Waals surface area contributed by atoms with Gasteiger partial charge in [-0.3, -0.25) is 9.69 Å². The molecule has 86 valence electrons. The van der Waals surface area contributed by atoms with Crippen LogP contribution in [0.15, 0.2) is 12.7 Å². The predicted molar refractivity (Wildman–Crippen MR) is 56.5 cm³/mol. The molecule has 1 saturated heterocycles. The van der Waals surface area contributed by atoms with E-state index in [0.717, 1.165) is 0 Å². The Morgan fingerprint density at radius 1 is 1.60 bits per heavy atom. The molecule has 0 aromatic rings. The molecule has 1 atom stereocenters. The third-order valence-corrected chi connectivity index (χ3v) is 4.12. The van der Waals surface area contributed by atoms with Crippen molar-refractivity contribution in [3.8, 4) is 0 Å². The van der Waals surface area contributed by atoms with Gasteiger partial charge in [0.15, 0.2) is 9.84 Å². The highest BCUT2D eigenvalue weighted by molar-refractivity contribution is 7.91. The number of hydrogen-bond donors (Lipinski definition) is 1. The van der Waals surface area contributed by atoms with Gasteiger partial charge >= 0.3 is 5.97 Å². The SMILES string of the molecule is C=CCN1CCS(=O)(=O)CC1CC(=O)O. The van der Waals surface area contributed by atoms with Gasteiger partial charge in [0.2, 0.25) is 0 Å². The number of sulfone groups is 1. The van der Waals surface area contributed by atoms with Crippen molar-refractivity contribution in [2.45, 2.75) is 12.5 Å². The van der Waals surface area contributed by atoms with Crippen LogP contribution in [0.4, 0.5) is 0 Å². The zero-order valence-electron chi connectivity index (χ0n) is 8.42. The fourth-order valence-electron chi connectivity index (χ4n) is 1.72. The fraction of sp³-hybridized carbons (Fsp3) is 0.667. The molecule has 5 nitrogen and oxygen atoms in total. The van der Waals surface area contributed by atoms with Crippen LogP contribution in [0.3, 0.4) is 0 Å². The van der Waals surface area contributed by atoms with Crippen molar-refractivity contribution in [2.24, 2.45) is 0 Å². The molecule has 1 unspecified atom stereocenters. The summed E-state index contributed by atoms with van der Waals surface area (Å²) < 4.78 is 22.7. The Labute approximate surface area is 89.3 Å². The molecule has 1 rings (SSSR count). The van der Waals surface area contributed by atoms with Gasteiger partial charge in [0.1, 0.15) is 0 Å². The lowest BCUT2D eigenvalue weighted by molar-refractivity contribution is -0.138. The van der Waals surface area contributed by atoms with E-state index in [2.05, 4.69) is 6.58 Å². The fourth-order valence-corrected chi connectivity index (χ4v) is 3.31. The highest BCUT2D eigenvalue weighted by Gasteiger charge is 2.31. The van der Waals surface area contributed by atoms with Crippen LogP contribution in [-0.4, -0.2) is 55.0 Å². The molecule has 1 heterocycles. The molecule has 1 aliphatic rings. The smallest absolute Gasteiger partial charge is 0.304 e. The molecule has 1 N–H and O–H groups in total. The van der Waals surface area contributed by atoms with Gasteiger partial charge < -0.3 is 5.11 Å².